The number of aromatic nitrogens is 2. The summed E-state index contributed by atoms with van der Waals surface area (Å²) < 4.78 is 0. The van der Waals surface area contributed by atoms with Gasteiger partial charge in [-0.1, -0.05) is 6.42 Å². The molecular weight excluding hydrogens is 228 g/mol. The third kappa shape index (κ3) is 2.27. The van der Waals surface area contributed by atoms with E-state index in [0.717, 1.165) is 69.1 Å². The predicted molar refractivity (Wildman–Crippen MR) is 71.2 cm³/mol. The van der Waals surface area contributed by atoms with E-state index < -0.39 is 0 Å². The van der Waals surface area contributed by atoms with Crippen LogP contribution in [0.1, 0.15) is 30.5 Å². The maximum Gasteiger partial charge on any atom is 0.255 e. The van der Waals surface area contributed by atoms with Gasteiger partial charge in [0, 0.05) is 31.7 Å². The molecule has 2 N–H and O–H groups in total. The molecule has 1 saturated heterocycles. The zero-order valence-electron chi connectivity index (χ0n) is 10.7. The average molecular weight is 248 g/mol. The molecule has 0 spiro atoms. The average Bonchev–Trinajstić information content (AvgIpc) is 2.65. The Morgan fingerprint density at radius 3 is 2.67 bits per heavy atom. The summed E-state index contributed by atoms with van der Waals surface area (Å²) >= 11 is 0. The lowest BCUT2D eigenvalue weighted by Crippen LogP contribution is -2.45. The molecule has 5 nitrogen and oxygen atoms in total. The second-order valence-electron chi connectivity index (χ2n) is 5.11. The fourth-order valence-corrected chi connectivity index (χ4v) is 2.79. The minimum absolute atomic E-state index is 0.0791. The number of hydrogen-bond acceptors (Lipinski definition) is 4. The van der Waals surface area contributed by atoms with Gasteiger partial charge in [0.25, 0.3) is 5.56 Å². The molecule has 0 atom stereocenters. The van der Waals surface area contributed by atoms with E-state index >= 15 is 0 Å². The molecule has 1 aromatic rings. The molecule has 98 valence electrons. The number of fused-ring (bicyclic) bond motifs is 1. The van der Waals surface area contributed by atoms with Crippen LogP contribution in [0.15, 0.2) is 4.79 Å². The number of aromatic amines is 1. The lowest BCUT2D eigenvalue weighted by atomic mass is 10.1. The molecule has 5 heteroatoms. The van der Waals surface area contributed by atoms with Crippen molar-refractivity contribution in [3.63, 3.8) is 0 Å². The topological polar surface area (TPSA) is 61.0 Å². The molecule has 1 aliphatic carbocycles. The van der Waals surface area contributed by atoms with Crippen molar-refractivity contribution in [2.24, 2.45) is 0 Å². The molecule has 0 saturated carbocycles. The summed E-state index contributed by atoms with van der Waals surface area (Å²) in [5.74, 6) is 0.766. The summed E-state index contributed by atoms with van der Waals surface area (Å²) in [4.78, 5) is 22.0. The van der Waals surface area contributed by atoms with Crippen LogP contribution in [0.4, 0.5) is 5.95 Å². The van der Waals surface area contributed by atoms with Gasteiger partial charge in [0.05, 0.1) is 5.69 Å². The molecule has 0 bridgehead atoms. The number of nitrogens with one attached hydrogen (secondary N) is 2. The van der Waals surface area contributed by atoms with Gasteiger partial charge in [0.2, 0.25) is 5.95 Å². The Labute approximate surface area is 107 Å². The van der Waals surface area contributed by atoms with Crippen molar-refractivity contribution < 1.29 is 0 Å². The maximum absolute atomic E-state index is 12.1. The quantitative estimate of drug-likeness (QED) is 0.708. The molecule has 1 aromatic heterocycles. The van der Waals surface area contributed by atoms with Gasteiger partial charge in [-0.3, -0.25) is 9.78 Å². The molecule has 0 radical (unpaired) electrons. The van der Waals surface area contributed by atoms with Crippen molar-refractivity contribution in [1.29, 1.82) is 0 Å². The molecule has 1 fully saturated rings. The van der Waals surface area contributed by atoms with Gasteiger partial charge in [-0.15, -0.1) is 0 Å². The van der Waals surface area contributed by atoms with Gasteiger partial charge in [-0.2, -0.15) is 0 Å². The minimum atomic E-state index is 0.0791. The Bertz CT molecular complexity index is 476. The zero-order chi connectivity index (χ0) is 12.4. The normalized spacial score (nSPS) is 20.3. The fraction of sp³-hybridized carbons (Fsp3) is 0.692. The molecule has 2 heterocycles. The zero-order valence-corrected chi connectivity index (χ0v) is 10.7. The maximum atomic E-state index is 12.1. The van der Waals surface area contributed by atoms with E-state index in [1.807, 2.05) is 0 Å². The molecule has 0 aromatic carbocycles. The van der Waals surface area contributed by atoms with Crippen LogP contribution in [-0.4, -0.2) is 36.1 Å². The van der Waals surface area contributed by atoms with E-state index in [2.05, 4.69) is 15.2 Å². The standard InChI is InChI=1S/C13H20N4O/c18-12-10-4-2-1-3-5-11(10)15-13(16-12)17-8-6-14-7-9-17/h14H,1-9H2,(H,15,16,18). The summed E-state index contributed by atoms with van der Waals surface area (Å²) in [6.45, 7) is 3.76. The lowest BCUT2D eigenvalue weighted by Gasteiger charge is -2.28. The summed E-state index contributed by atoms with van der Waals surface area (Å²) in [6.07, 6.45) is 5.33. The van der Waals surface area contributed by atoms with Gasteiger partial charge in [0.15, 0.2) is 0 Å². The predicted octanol–water partition coefficient (Wildman–Crippen LogP) is 0.448. The van der Waals surface area contributed by atoms with Crippen molar-refractivity contribution in [3.05, 3.63) is 21.6 Å². The van der Waals surface area contributed by atoms with E-state index in [9.17, 15) is 4.79 Å². The Hall–Kier alpha value is -1.36. The first-order valence-corrected chi connectivity index (χ1v) is 6.92. The summed E-state index contributed by atoms with van der Waals surface area (Å²) in [6, 6.07) is 0. The van der Waals surface area contributed by atoms with Crippen LogP contribution >= 0.6 is 0 Å². The van der Waals surface area contributed by atoms with Gasteiger partial charge in [-0.25, -0.2) is 4.98 Å². The van der Waals surface area contributed by atoms with E-state index in [1.165, 1.54) is 6.42 Å². The van der Waals surface area contributed by atoms with Crippen LogP contribution in [-0.2, 0) is 12.8 Å². The molecule has 3 rings (SSSR count). The van der Waals surface area contributed by atoms with Crippen LogP contribution in [0.5, 0.6) is 0 Å². The second kappa shape index (κ2) is 5.10. The first-order valence-electron chi connectivity index (χ1n) is 6.92. The summed E-state index contributed by atoms with van der Waals surface area (Å²) in [5.41, 5.74) is 2.03. The van der Waals surface area contributed by atoms with E-state index in [-0.39, 0.29) is 5.56 Å². The van der Waals surface area contributed by atoms with Crippen molar-refractivity contribution in [2.75, 3.05) is 31.1 Å². The van der Waals surface area contributed by atoms with Crippen LogP contribution in [0.25, 0.3) is 0 Å². The number of aryl methyl sites for hydroxylation is 1. The SMILES string of the molecule is O=c1[nH]c(N2CCNCC2)nc2c1CCCCC2. The Morgan fingerprint density at radius 2 is 1.83 bits per heavy atom. The molecule has 2 aliphatic rings. The monoisotopic (exact) mass is 248 g/mol. The first-order chi connectivity index (χ1) is 8.84. The number of piperazine rings is 1. The second-order valence-corrected chi connectivity index (χ2v) is 5.11. The fourth-order valence-electron chi connectivity index (χ4n) is 2.79. The van der Waals surface area contributed by atoms with Crippen molar-refractivity contribution >= 4 is 5.95 Å². The van der Waals surface area contributed by atoms with E-state index in [4.69, 9.17) is 4.98 Å². The minimum Gasteiger partial charge on any atom is -0.340 e. The van der Waals surface area contributed by atoms with Crippen LogP contribution < -0.4 is 15.8 Å². The molecule has 0 amide bonds. The van der Waals surface area contributed by atoms with Gasteiger partial charge < -0.3 is 10.2 Å². The largest absolute Gasteiger partial charge is 0.340 e. The molecule has 18 heavy (non-hydrogen) atoms. The number of rotatable bonds is 1. The highest BCUT2D eigenvalue weighted by molar-refractivity contribution is 5.34. The lowest BCUT2D eigenvalue weighted by molar-refractivity contribution is 0.577. The van der Waals surface area contributed by atoms with Gasteiger partial charge in [-0.05, 0) is 25.7 Å². The molecule has 1 aliphatic heterocycles. The van der Waals surface area contributed by atoms with Crippen LogP contribution in [0.3, 0.4) is 0 Å². The Morgan fingerprint density at radius 1 is 1.06 bits per heavy atom. The molecule has 0 unspecified atom stereocenters. The van der Waals surface area contributed by atoms with E-state index in [1.54, 1.807) is 0 Å². The third-order valence-corrected chi connectivity index (χ3v) is 3.85. The highest BCUT2D eigenvalue weighted by atomic mass is 16.1. The number of anilines is 1. The highest BCUT2D eigenvalue weighted by Gasteiger charge is 2.18. The number of H-pyrrole nitrogens is 1. The van der Waals surface area contributed by atoms with Gasteiger partial charge in [0.1, 0.15) is 0 Å². The molecular formula is C13H20N4O. The first kappa shape index (κ1) is 11.7. The summed E-state index contributed by atoms with van der Waals surface area (Å²) in [7, 11) is 0. The smallest absolute Gasteiger partial charge is 0.255 e. The van der Waals surface area contributed by atoms with Crippen LogP contribution in [0.2, 0.25) is 0 Å². The van der Waals surface area contributed by atoms with E-state index in [0.29, 0.717) is 0 Å². The van der Waals surface area contributed by atoms with Crippen molar-refractivity contribution in [2.45, 2.75) is 32.1 Å². The summed E-state index contributed by atoms with van der Waals surface area (Å²) in [5, 5.41) is 3.31. The Kier molecular flexibility index (Phi) is 3.32. The number of nitrogens with zero attached hydrogens (tertiary/aromatic N) is 2. The number of hydrogen-bond donors (Lipinski definition) is 2. The highest BCUT2D eigenvalue weighted by Crippen LogP contribution is 2.18. The van der Waals surface area contributed by atoms with Crippen LogP contribution in [0, 0.1) is 0 Å². The Balaban J connectivity index is 1.94. The van der Waals surface area contributed by atoms with Crippen molar-refractivity contribution in [1.82, 2.24) is 15.3 Å². The van der Waals surface area contributed by atoms with Gasteiger partial charge >= 0.3 is 0 Å². The third-order valence-electron chi connectivity index (χ3n) is 3.85. The van der Waals surface area contributed by atoms with Crippen molar-refractivity contribution in [3.8, 4) is 0 Å².